The van der Waals surface area contributed by atoms with E-state index >= 15 is 0 Å². The molecule has 1 fully saturated rings. The second kappa shape index (κ2) is 8.37. The molecule has 7 heteroatoms. The molecule has 0 unspecified atom stereocenters. The number of thiazole rings is 1. The molecule has 1 aromatic heterocycles. The van der Waals surface area contributed by atoms with Crippen molar-refractivity contribution < 1.29 is 8.42 Å². The Kier molecular flexibility index (Phi) is 5.94. The van der Waals surface area contributed by atoms with Gasteiger partial charge in [-0.2, -0.15) is 4.31 Å². The predicted molar refractivity (Wildman–Crippen MR) is 129 cm³/mol. The summed E-state index contributed by atoms with van der Waals surface area (Å²) >= 11 is 1.62. The first-order valence-electron chi connectivity index (χ1n) is 10.5. The van der Waals surface area contributed by atoms with E-state index in [2.05, 4.69) is 42.3 Å². The largest absolute Gasteiger partial charge is 0.345 e. The van der Waals surface area contributed by atoms with Crippen LogP contribution < -0.4 is 4.90 Å². The van der Waals surface area contributed by atoms with Crippen LogP contribution in [0, 0.1) is 34.6 Å². The summed E-state index contributed by atoms with van der Waals surface area (Å²) < 4.78 is 28.3. The molecule has 31 heavy (non-hydrogen) atoms. The highest BCUT2D eigenvalue weighted by Gasteiger charge is 2.31. The van der Waals surface area contributed by atoms with E-state index in [1.54, 1.807) is 15.6 Å². The van der Waals surface area contributed by atoms with E-state index in [0.717, 1.165) is 33.1 Å². The van der Waals surface area contributed by atoms with E-state index in [9.17, 15) is 8.42 Å². The maximum Gasteiger partial charge on any atom is 0.243 e. The van der Waals surface area contributed by atoms with Crippen molar-refractivity contribution in [3.05, 3.63) is 63.5 Å². The van der Waals surface area contributed by atoms with Crippen LogP contribution in [0.15, 0.2) is 40.6 Å². The number of aromatic nitrogens is 1. The molecule has 0 N–H and O–H groups in total. The molecule has 1 aliphatic rings. The number of piperazine rings is 1. The maximum atomic E-state index is 13.3. The summed E-state index contributed by atoms with van der Waals surface area (Å²) in [5, 5.41) is 3.04. The summed E-state index contributed by atoms with van der Waals surface area (Å²) in [7, 11) is -3.50. The lowest BCUT2D eigenvalue weighted by Crippen LogP contribution is -2.48. The first-order chi connectivity index (χ1) is 14.6. The van der Waals surface area contributed by atoms with Gasteiger partial charge in [-0.15, -0.1) is 11.3 Å². The van der Waals surface area contributed by atoms with Crippen molar-refractivity contribution in [2.75, 3.05) is 31.1 Å². The van der Waals surface area contributed by atoms with Gasteiger partial charge in [-0.3, -0.25) is 0 Å². The second-order valence-corrected chi connectivity index (χ2v) is 11.2. The molecule has 0 bridgehead atoms. The minimum Gasteiger partial charge on any atom is -0.345 e. The standard InChI is InChI=1S/C24H29N3O2S2/c1-16-10-17(2)14-21(13-16)22-15-30-24(25-22)26-6-8-27(9-7-26)31(28,29)23-19(4)11-18(3)12-20(23)5/h10-15H,6-9H2,1-5H3. The first kappa shape index (κ1) is 22.0. The van der Waals surface area contributed by atoms with Gasteiger partial charge in [-0.05, 0) is 57.9 Å². The van der Waals surface area contributed by atoms with Gasteiger partial charge < -0.3 is 4.90 Å². The quantitative estimate of drug-likeness (QED) is 0.564. The Balaban J connectivity index is 1.50. The minimum atomic E-state index is -3.50. The molecular weight excluding hydrogens is 426 g/mol. The van der Waals surface area contributed by atoms with E-state index in [1.165, 1.54) is 11.1 Å². The smallest absolute Gasteiger partial charge is 0.243 e. The zero-order valence-electron chi connectivity index (χ0n) is 18.8. The SMILES string of the molecule is Cc1cc(C)cc(-c2csc(N3CCN(S(=O)(=O)c4c(C)cc(C)cc4C)CC3)n2)c1. The monoisotopic (exact) mass is 455 g/mol. The lowest BCUT2D eigenvalue weighted by atomic mass is 10.1. The highest BCUT2D eigenvalue weighted by atomic mass is 32.2. The van der Waals surface area contributed by atoms with Gasteiger partial charge in [0, 0.05) is 37.1 Å². The van der Waals surface area contributed by atoms with Gasteiger partial charge in [0.2, 0.25) is 10.0 Å². The van der Waals surface area contributed by atoms with Crippen LogP contribution in [0.25, 0.3) is 11.3 Å². The Labute approximate surface area is 189 Å². The number of anilines is 1. The molecular formula is C24H29N3O2S2. The topological polar surface area (TPSA) is 53.5 Å². The first-order valence-corrected chi connectivity index (χ1v) is 12.8. The molecule has 0 spiro atoms. The summed E-state index contributed by atoms with van der Waals surface area (Å²) in [6, 6.07) is 10.4. The molecule has 0 radical (unpaired) electrons. The number of hydrogen-bond donors (Lipinski definition) is 0. The van der Waals surface area contributed by atoms with Crippen molar-refractivity contribution in [3.63, 3.8) is 0 Å². The average Bonchev–Trinajstić information content (AvgIpc) is 3.16. The van der Waals surface area contributed by atoms with Crippen LogP contribution in [0.1, 0.15) is 27.8 Å². The van der Waals surface area contributed by atoms with Crippen molar-refractivity contribution >= 4 is 26.5 Å². The van der Waals surface area contributed by atoms with Crippen LogP contribution >= 0.6 is 11.3 Å². The number of benzene rings is 2. The lowest BCUT2D eigenvalue weighted by molar-refractivity contribution is 0.384. The molecule has 4 rings (SSSR count). The number of sulfonamides is 1. The van der Waals surface area contributed by atoms with Crippen LogP contribution in [0.3, 0.4) is 0 Å². The van der Waals surface area contributed by atoms with Crippen LogP contribution in [0.2, 0.25) is 0 Å². The lowest BCUT2D eigenvalue weighted by Gasteiger charge is -2.34. The fourth-order valence-electron chi connectivity index (χ4n) is 4.49. The molecule has 0 aliphatic carbocycles. The van der Waals surface area contributed by atoms with Gasteiger partial charge in [-0.1, -0.05) is 34.9 Å². The number of nitrogens with zero attached hydrogens (tertiary/aromatic N) is 3. The number of aryl methyl sites for hydroxylation is 5. The molecule has 2 heterocycles. The summed E-state index contributed by atoms with van der Waals surface area (Å²) in [5.41, 5.74) is 7.28. The highest BCUT2D eigenvalue weighted by molar-refractivity contribution is 7.89. The van der Waals surface area contributed by atoms with Crippen molar-refractivity contribution in [2.45, 2.75) is 39.5 Å². The molecule has 0 atom stereocenters. The third kappa shape index (κ3) is 4.40. The van der Waals surface area contributed by atoms with Crippen LogP contribution in [-0.2, 0) is 10.0 Å². The minimum absolute atomic E-state index is 0.456. The van der Waals surface area contributed by atoms with Crippen molar-refractivity contribution in [1.29, 1.82) is 0 Å². The second-order valence-electron chi connectivity index (χ2n) is 8.51. The van der Waals surface area contributed by atoms with Gasteiger partial charge in [0.1, 0.15) is 0 Å². The van der Waals surface area contributed by atoms with Gasteiger partial charge in [0.25, 0.3) is 0 Å². The van der Waals surface area contributed by atoms with Crippen LogP contribution in [0.5, 0.6) is 0 Å². The zero-order valence-corrected chi connectivity index (χ0v) is 20.4. The van der Waals surface area contributed by atoms with Crippen LogP contribution in [0.4, 0.5) is 5.13 Å². The zero-order chi connectivity index (χ0) is 22.3. The maximum absolute atomic E-state index is 13.3. The molecule has 3 aromatic rings. The van der Waals surface area contributed by atoms with E-state index < -0.39 is 10.0 Å². The molecule has 164 valence electrons. The molecule has 2 aromatic carbocycles. The summed E-state index contributed by atoms with van der Waals surface area (Å²) in [4.78, 5) is 7.49. The van der Waals surface area contributed by atoms with Gasteiger partial charge in [0.15, 0.2) is 5.13 Å². The van der Waals surface area contributed by atoms with Crippen molar-refractivity contribution in [3.8, 4) is 11.3 Å². The van der Waals surface area contributed by atoms with Gasteiger partial charge >= 0.3 is 0 Å². The van der Waals surface area contributed by atoms with E-state index in [1.807, 2.05) is 32.9 Å². The fourth-order valence-corrected chi connectivity index (χ4v) is 7.21. The van der Waals surface area contributed by atoms with Gasteiger partial charge in [-0.25, -0.2) is 13.4 Å². The van der Waals surface area contributed by atoms with E-state index in [0.29, 0.717) is 31.1 Å². The summed E-state index contributed by atoms with van der Waals surface area (Å²) in [6.07, 6.45) is 0. The predicted octanol–water partition coefficient (Wildman–Crippen LogP) is 4.86. The molecule has 1 saturated heterocycles. The number of hydrogen-bond acceptors (Lipinski definition) is 5. The number of rotatable bonds is 4. The Bertz CT molecular complexity index is 1180. The van der Waals surface area contributed by atoms with Gasteiger partial charge in [0.05, 0.1) is 10.6 Å². The average molecular weight is 456 g/mol. The Morgan fingerprint density at radius 2 is 1.35 bits per heavy atom. The molecule has 1 aliphatic heterocycles. The molecule has 0 amide bonds. The van der Waals surface area contributed by atoms with E-state index in [-0.39, 0.29) is 0 Å². The van der Waals surface area contributed by atoms with E-state index in [4.69, 9.17) is 4.98 Å². The molecule has 5 nitrogen and oxygen atoms in total. The summed E-state index contributed by atoms with van der Waals surface area (Å²) in [6.45, 7) is 12.2. The normalized spacial score (nSPS) is 15.5. The van der Waals surface area contributed by atoms with Crippen molar-refractivity contribution in [1.82, 2.24) is 9.29 Å². The molecule has 0 saturated carbocycles. The summed E-state index contributed by atoms with van der Waals surface area (Å²) in [5.74, 6) is 0. The van der Waals surface area contributed by atoms with Crippen molar-refractivity contribution in [2.24, 2.45) is 0 Å². The Morgan fingerprint density at radius 3 is 1.94 bits per heavy atom. The van der Waals surface area contributed by atoms with Crippen LogP contribution in [-0.4, -0.2) is 43.9 Å². The Morgan fingerprint density at radius 1 is 0.806 bits per heavy atom. The Hall–Kier alpha value is -2.22. The fraction of sp³-hybridized carbons (Fsp3) is 0.375. The third-order valence-corrected chi connectivity index (χ3v) is 8.83. The third-order valence-electron chi connectivity index (χ3n) is 5.72. The highest BCUT2D eigenvalue weighted by Crippen LogP contribution is 2.31.